The van der Waals surface area contributed by atoms with Crippen molar-refractivity contribution in [1.29, 1.82) is 5.41 Å². The van der Waals surface area contributed by atoms with Crippen molar-refractivity contribution >= 4 is 5.84 Å². The second-order valence-electron chi connectivity index (χ2n) is 2.20. The van der Waals surface area contributed by atoms with Crippen molar-refractivity contribution in [3.8, 4) is 0 Å². The number of alkyl halides is 3. The van der Waals surface area contributed by atoms with Gasteiger partial charge in [-0.3, -0.25) is 5.41 Å². The normalized spacial score (nSPS) is 11.3. The van der Waals surface area contributed by atoms with E-state index < -0.39 is 23.3 Å². The van der Waals surface area contributed by atoms with Gasteiger partial charge in [-0.25, -0.2) is 9.97 Å². The van der Waals surface area contributed by atoms with E-state index >= 15 is 0 Å². The minimum absolute atomic E-state index is 0.505. The molecule has 70 valence electrons. The van der Waals surface area contributed by atoms with Crippen molar-refractivity contribution in [2.24, 2.45) is 5.73 Å². The maximum Gasteiger partial charge on any atom is 0.434 e. The lowest BCUT2D eigenvalue weighted by Gasteiger charge is -2.08. The first-order chi connectivity index (χ1) is 5.93. The summed E-state index contributed by atoms with van der Waals surface area (Å²) < 4.78 is 36.5. The molecular weight excluding hydrogens is 185 g/mol. The van der Waals surface area contributed by atoms with Gasteiger partial charge in [-0.05, 0) is 0 Å². The summed E-state index contributed by atoms with van der Waals surface area (Å²) in [4.78, 5) is 6.36. The Morgan fingerprint density at radius 1 is 1.46 bits per heavy atom. The van der Waals surface area contributed by atoms with E-state index in [1.807, 2.05) is 0 Å². The van der Waals surface area contributed by atoms with Crippen LogP contribution in [0.15, 0.2) is 12.5 Å². The first-order valence-electron chi connectivity index (χ1n) is 3.14. The Bertz CT molecular complexity index is 333. The van der Waals surface area contributed by atoms with E-state index in [0.29, 0.717) is 0 Å². The van der Waals surface area contributed by atoms with Crippen LogP contribution in [0, 0.1) is 5.41 Å². The predicted octanol–water partition coefficient (Wildman–Crippen LogP) is 0.779. The lowest BCUT2D eigenvalue weighted by molar-refractivity contribution is -0.141. The van der Waals surface area contributed by atoms with Gasteiger partial charge in [0.25, 0.3) is 0 Å². The van der Waals surface area contributed by atoms with Gasteiger partial charge in [0.2, 0.25) is 0 Å². The van der Waals surface area contributed by atoms with E-state index in [1.165, 1.54) is 0 Å². The summed E-state index contributed by atoms with van der Waals surface area (Å²) in [5, 5.41) is 6.85. The molecule has 0 radical (unpaired) electrons. The van der Waals surface area contributed by atoms with Crippen molar-refractivity contribution in [3.63, 3.8) is 0 Å². The minimum atomic E-state index is -4.61. The van der Waals surface area contributed by atoms with Crippen LogP contribution in [-0.2, 0) is 6.18 Å². The molecule has 0 fully saturated rings. The van der Waals surface area contributed by atoms with Crippen LogP contribution in [0.1, 0.15) is 11.3 Å². The van der Waals surface area contributed by atoms with Crippen molar-refractivity contribution < 1.29 is 13.2 Å². The number of nitrogens with zero attached hydrogens (tertiary/aromatic N) is 2. The third-order valence-electron chi connectivity index (χ3n) is 1.27. The summed E-state index contributed by atoms with van der Waals surface area (Å²) in [6.45, 7) is 0. The number of amidine groups is 1. The van der Waals surface area contributed by atoms with Crippen LogP contribution in [0.5, 0.6) is 0 Å². The Morgan fingerprint density at radius 2 is 2.08 bits per heavy atom. The first kappa shape index (κ1) is 9.43. The molecule has 0 saturated heterocycles. The van der Waals surface area contributed by atoms with Crippen LogP contribution in [0.4, 0.5) is 13.2 Å². The van der Waals surface area contributed by atoms with Crippen LogP contribution in [0.25, 0.3) is 0 Å². The smallest absolute Gasteiger partial charge is 0.384 e. The molecule has 0 aliphatic rings. The number of nitrogens with two attached hydrogens (primary N) is 1. The summed E-state index contributed by atoms with van der Waals surface area (Å²) in [7, 11) is 0. The van der Waals surface area contributed by atoms with Gasteiger partial charge in [0.15, 0.2) is 5.69 Å². The third-order valence-corrected chi connectivity index (χ3v) is 1.27. The quantitative estimate of drug-likeness (QED) is 0.507. The van der Waals surface area contributed by atoms with Gasteiger partial charge in [0.1, 0.15) is 12.2 Å². The lowest BCUT2D eigenvalue weighted by atomic mass is 10.2. The van der Waals surface area contributed by atoms with Crippen molar-refractivity contribution in [1.82, 2.24) is 9.97 Å². The molecule has 13 heavy (non-hydrogen) atoms. The van der Waals surface area contributed by atoms with Crippen LogP contribution < -0.4 is 5.73 Å². The number of aromatic nitrogens is 2. The van der Waals surface area contributed by atoms with E-state index in [-0.39, 0.29) is 0 Å². The number of nitrogens with one attached hydrogen (secondary N) is 1. The van der Waals surface area contributed by atoms with Crippen LogP contribution >= 0.6 is 0 Å². The fourth-order valence-electron chi connectivity index (χ4n) is 0.753. The molecule has 0 aliphatic carbocycles. The standard InChI is InChI=1S/C6H5F3N4/c7-6(8,9)4-3(5(10)11)1-12-2-13-4/h1-2H,(H3,10,11). The first-order valence-corrected chi connectivity index (χ1v) is 3.14. The van der Waals surface area contributed by atoms with E-state index in [2.05, 4.69) is 9.97 Å². The van der Waals surface area contributed by atoms with E-state index in [9.17, 15) is 13.2 Å². The summed E-state index contributed by atoms with van der Waals surface area (Å²) >= 11 is 0. The maximum absolute atomic E-state index is 12.2. The number of rotatable bonds is 1. The topological polar surface area (TPSA) is 75.7 Å². The van der Waals surface area contributed by atoms with Crippen molar-refractivity contribution in [2.45, 2.75) is 6.18 Å². The fourth-order valence-corrected chi connectivity index (χ4v) is 0.753. The van der Waals surface area contributed by atoms with Crippen LogP contribution in [0.3, 0.4) is 0 Å². The molecule has 1 heterocycles. The Hall–Kier alpha value is -1.66. The van der Waals surface area contributed by atoms with Gasteiger partial charge in [-0.15, -0.1) is 0 Å². The molecule has 0 unspecified atom stereocenters. The second kappa shape index (κ2) is 3.00. The molecule has 0 spiro atoms. The van der Waals surface area contributed by atoms with E-state index in [4.69, 9.17) is 11.1 Å². The van der Waals surface area contributed by atoms with Gasteiger partial charge in [-0.1, -0.05) is 0 Å². The molecule has 1 rings (SSSR count). The molecule has 1 aromatic rings. The SMILES string of the molecule is N=C(N)c1cncnc1C(F)(F)F. The third kappa shape index (κ3) is 1.92. The second-order valence-corrected chi connectivity index (χ2v) is 2.20. The molecule has 0 aromatic carbocycles. The molecule has 1 aromatic heterocycles. The predicted molar refractivity (Wildman–Crippen MR) is 38.1 cm³/mol. The average molecular weight is 190 g/mol. The highest BCUT2D eigenvalue weighted by molar-refractivity contribution is 5.95. The highest BCUT2D eigenvalue weighted by Gasteiger charge is 2.36. The highest BCUT2D eigenvalue weighted by Crippen LogP contribution is 2.29. The Labute approximate surface area is 71.1 Å². The van der Waals surface area contributed by atoms with Crippen molar-refractivity contribution in [3.05, 3.63) is 23.8 Å². The van der Waals surface area contributed by atoms with Crippen LogP contribution in [-0.4, -0.2) is 15.8 Å². The summed E-state index contributed by atoms with van der Waals surface area (Å²) in [5.74, 6) is -0.701. The molecule has 0 saturated carbocycles. The number of hydrogen-bond donors (Lipinski definition) is 2. The Morgan fingerprint density at radius 3 is 2.46 bits per heavy atom. The van der Waals surface area contributed by atoms with Crippen molar-refractivity contribution in [2.75, 3.05) is 0 Å². The largest absolute Gasteiger partial charge is 0.434 e. The zero-order chi connectivity index (χ0) is 10.1. The summed E-state index contributed by atoms with van der Waals surface area (Å²) in [6.07, 6.45) is -2.99. The highest BCUT2D eigenvalue weighted by atomic mass is 19.4. The average Bonchev–Trinajstić information content (AvgIpc) is 2.03. The molecular formula is C6H5F3N4. The minimum Gasteiger partial charge on any atom is -0.384 e. The molecule has 0 amide bonds. The number of hydrogen-bond acceptors (Lipinski definition) is 3. The summed E-state index contributed by atoms with van der Waals surface area (Å²) in [5.41, 5.74) is 3.22. The molecule has 0 bridgehead atoms. The van der Waals surface area contributed by atoms with E-state index in [0.717, 1.165) is 12.5 Å². The molecule has 0 atom stereocenters. The zero-order valence-corrected chi connectivity index (χ0v) is 6.26. The van der Waals surface area contributed by atoms with Gasteiger partial charge < -0.3 is 5.73 Å². The number of nitrogen functional groups attached to an aromatic ring is 1. The molecule has 0 aliphatic heterocycles. The summed E-state index contributed by atoms with van der Waals surface area (Å²) in [6, 6.07) is 0. The molecule has 4 nitrogen and oxygen atoms in total. The Balaban J connectivity index is 3.28. The van der Waals surface area contributed by atoms with Gasteiger partial charge >= 0.3 is 6.18 Å². The Kier molecular flexibility index (Phi) is 2.18. The number of halogens is 3. The van der Waals surface area contributed by atoms with Gasteiger partial charge in [0.05, 0.1) is 5.56 Å². The monoisotopic (exact) mass is 190 g/mol. The van der Waals surface area contributed by atoms with E-state index in [1.54, 1.807) is 0 Å². The fraction of sp³-hybridized carbons (Fsp3) is 0.167. The van der Waals surface area contributed by atoms with Gasteiger partial charge in [0, 0.05) is 6.20 Å². The maximum atomic E-state index is 12.2. The zero-order valence-electron chi connectivity index (χ0n) is 6.26. The molecule has 7 heteroatoms. The molecule has 3 N–H and O–H groups in total. The lowest BCUT2D eigenvalue weighted by Crippen LogP contribution is -2.20. The van der Waals surface area contributed by atoms with Crippen LogP contribution in [0.2, 0.25) is 0 Å². The van der Waals surface area contributed by atoms with Gasteiger partial charge in [-0.2, -0.15) is 13.2 Å².